The molecule has 4 rings (SSSR count). The van der Waals surface area contributed by atoms with E-state index in [1.165, 1.54) is 0 Å². The molecule has 2 aromatic rings. The standard InChI is InChI=1S/C24H25N3O/c1-15-11-19-14-27-24(28)23(19)21(16(15)2)10-9-20-8-7-18(13-26-20)22-6-4-3-5-17(22)12-25/h3-10,13,15-16,19,21,23H,11,14H2,1-2H3,(H,27,28)/t15-,16+,19-,21-,23+/m0/s1. The van der Waals surface area contributed by atoms with Crippen molar-refractivity contribution < 1.29 is 4.79 Å². The molecule has 1 aromatic carbocycles. The maximum Gasteiger partial charge on any atom is 0.224 e. The van der Waals surface area contributed by atoms with Crippen molar-refractivity contribution in [3.05, 3.63) is 59.9 Å². The largest absolute Gasteiger partial charge is 0.356 e. The van der Waals surface area contributed by atoms with Crippen LogP contribution in [0.3, 0.4) is 0 Å². The van der Waals surface area contributed by atoms with Gasteiger partial charge in [0.15, 0.2) is 0 Å². The number of aromatic nitrogens is 1. The number of allylic oxidation sites excluding steroid dienone is 1. The Hall–Kier alpha value is -2.93. The van der Waals surface area contributed by atoms with Crippen LogP contribution in [0.1, 0.15) is 31.5 Å². The highest BCUT2D eigenvalue weighted by Gasteiger charge is 2.46. The molecule has 1 aromatic heterocycles. The van der Waals surface area contributed by atoms with Gasteiger partial charge in [0.25, 0.3) is 0 Å². The Bertz CT molecular complexity index is 941. The highest BCUT2D eigenvalue weighted by molar-refractivity contribution is 5.82. The lowest BCUT2D eigenvalue weighted by Crippen LogP contribution is -2.38. The lowest BCUT2D eigenvalue weighted by atomic mass is 9.64. The zero-order valence-corrected chi connectivity index (χ0v) is 16.3. The minimum Gasteiger partial charge on any atom is -0.356 e. The van der Waals surface area contributed by atoms with Crippen molar-refractivity contribution >= 4 is 12.0 Å². The molecule has 28 heavy (non-hydrogen) atoms. The van der Waals surface area contributed by atoms with Gasteiger partial charge in [0, 0.05) is 29.8 Å². The monoisotopic (exact) mass is 371 g/mol. The normalized spacial score (nSPS) is 29.3. The zero-order valence-electron chi connectivity index (χ0n) is 16.3. The predicted molar refractivity (Wildman–Crippen MR) is 110 cm³/mol. The second kappa shape index (κ2) is 7.59. The molecule has 0 spiro atoms. The van der Waals surface area contributed by atoms with Gasteiger partial charge in [-0.15, -0.1) is 0 Å². The van der Waals surface area contributed by atoms with Crippen LogP contribution >= 0.6 is 0 Å². The van der Waals surface area contributed by atoms with E-state index in [2.05, 4.69) is 36.3 Å². The predicted octanol–water partition coefficient (Wildman–Crippen LogP) is 4.29. The molecule has 0 bridgehead atoms. The summed E-state index contributed by atoms with van der Waals surface area (Å²) in [7, 11) is 0. The number of nitrogens with zero attached hydrogens (tertiary/aromatic N) is 2. The van der Waals surface area contributed by atoms with Crippen molar-refractivity contribution in [3.63, 3.8) is 0 Å². The fraction of sp³-hybridized carbons (Fsp3) is 0.375. The van der Waals surface area contributed by atoms with Crippen LogP contribution in [-0.4, -0.2) is 17.4 Å². The third kappa shape index (κ3) is 3.33. The summed E-state index contributed by atoms with van der Waals surface area (Å²) in [5.74, 6) is 2.08. The molecular weight excluding hydrogens is 346 g/mol. The van der Waals surface area contributed by atoms with Crippen molar-refractivity contribution in [1.82, 2.24) is 10.3 Å². The number of amides is 1. The molecule has 1 N–H and O–H groups in total. The summed E-state index contributed by atoms with van der Waals surface area (Å²) in [6.45, 7) is 5.37. The highest BCUT2D eigenvalue weighted by atomic mass is 16.2. The average Bonchev–Trinajstić information content (AvgIpc) is 3.09. The fourth-order valence-corrected chi connectivity index (χ4v) is 4.81. The van der Waals surface area contributed by atoms with Gasteiger partial charge in [-0.2, -0.15) is 5.26 Å². The van der Waals surface area contributed by atoms with E-state index in [1.807, 2.05) is 48.7 Å². The Morgan fingerprint density at radius 3 is 2.79 bits per heavy atom. The molecule has 4 heteroatoms. The molecule has 2 fully saturated rings. The summed E-state index contributed by atoms with van der Waals surface area (Å²) >= 11 is 0. The van der Waals surface area contributed by atoms with Gasteiger partial charge >= 0.3 is 0 Å². The van der Waals surface area contributed by atoms with Crippen LogP contribution in [0.25, 0.3) is 17.2 Å². The molecule has 1 saturated heterocycles. The van der Waals surface area contributed by atoms with E-state index in [4.69, 9.17) is 0 Å². The van der Waals surface area contributed by atoms with Gasteiger partial charge in [-0.3, -0.25) is 9.78 Å². The van der Waals surface area contributed by atoms with Crippen LogP contribution in [0.15, 0.2) is 48.7 Å². The van der Waals surface area contributed by atoms with E-state index in [-0.39, 0.29) is 17.7 Å². The molecule has 4 nitrogen and oxygen atoms in total. The SMILES string of the molecule is C[C@H]1[C@H](C=Cc2ccc(-c3ccccc3C#N)cn2)[C@@H]2C(=O)NC[C@@H]2C[C@@H]1C. The Labute approximate surface area is 166 Å². The van der Waals surface area contributed by atoms with Crippen LogP contribution in [0, 0.1) is 40.9 Å². The lowest BCUT2D eigenvalue weighted by molar-refractivity contribution is -0.125. The number of rotatable bonds is 3. The summed E-state index contributed by atoms with van der Waals surface area (Å²) in [4.78, 5) is 16.9. The van der Waals surface area contributed by atoms with Crippen LogP contribution in [0.5, 0.6) is 0 Å². The number of carbonyl (C=O) groups is 1. The minimum absolute atomic E-state index is 0.0872. The maximum atomic E-state index is 12.4. The third-order valence-electron chi connectivity index (χ3n) is 6.58. The first-order valence-electron chi connectivity index (χ1n) is 10.00. The quantitative estimate of drug-likeness (QED) is 0.875. The van der Waals surface area contributed by atoms with E-state index in [1.54, 1.807) is 0 Å². The molecule has 1 amide bonds. The molecule has 1 aliphatic carbocycles. The van der Waals surface area contributed by atoms with E-state index in [9.17, 15) is 10.1 Å². The maximum absolute atomic E-state index is 12.4. The number of nitriles is 1. The Kier molecular flexibility index (Phi) is 5.00. The summed E-state index contributed by atoms with van der Waals surface area (Å²) in [6.07, 6.45) is 7.17. The molecule has 0 radical (unpaired) electrons. The van der Waals surface area contributed by atoms with Gasteiger partial charge in [0.1, 0.15) is 0 Å². The Morgan fingerprint density at radius 2 is 2.04 bits per heavy atom. The molecule has 2 heterocycles. The van der Waals surface area contributed by atoms with Gasteiger partial charge in [-0.25, -0.2) is 0 Å². The van der Waals surface area contributed by atoms with E-state index in [0.717, 1.165) is 29.8 Å². The number of pyridine rings is 1. The second-order valence-electron chi connectivity index (χ2n) is 8.17. The van der Waals surface area contributed by atoms with Gasteiger partial charge in [0.05, 0.1) is 17.3 Å². The van der Waals surface area contributed by atoms with E-state index < -0.39 is 0 Å². The molecular formula is C24H25N3O. The first kappa shape index (κ1) is 18.4. The van der Waals surface area contributed by atoms with Crippen LogP contribution < -0.4 is 5.32 Å². The Morgan fingerprint density at radius 1 is 1.21 bits per heavy atom. The van der Waals surface area contributed by atoms with Crippen LogP contribution in [0.2, 0.25) is 0 Å². The van der Waals surface area contributed by atoms with Crippen LogP contribution in [0.4, 0.5) is 0 Å². The number of benzene rings is 1. The van der Waals surface area contributed by atoms with Gasteiger partial charge in [0.2, 0.25) is 5.91 Å². The summed E-state index contributed by atoms with van der Waals surface area (Å²) in [5, 5.41) is 12.3. The first-order chi connectivity index (χ1) is 13.6. The molecule has 5 atom stereocenters. The van der Waals surface area contributed by atoms with Crippen molar-refractivity contribution in [1.29, 1.82) is 5.26 Å². The van der Waals surface area contributed by atoms with Gasteiger partial charge in [-0.05, 0) is 48.3 Å². The summed E-state index contributed by atoms with van der Waals surface area (Å²) in [5.41, 5.74) is 3.35. The van der Waals surface area contributed by atoms with Crippen molar-refractivity contribution in [3.8, 4) is 17.2 Å². The van der Waals surface area contributed by atoms with Crippen molar-refractivity contribution in [2.75, 3.05) is 6.54 Å². The first-order valence-corrected chi connectivity index (χ1v) is 10.00. The molecule has 1 aliphatic heterocycles. The highest BCUT2D eigenvalue weighted by Crippen LogP contribution is 2.45. The lowest BCUT2D eigenvalue weighted by Gasteiger charge is -2.39. The second-order valence-corrected chi connectivity index (χ2v) is 8.17. The zero-order chi connectivity index (χ0) is 19.7. The average molecular weight is 371 g/mol. The third-order valence-corrected chi connectivity index (χ3v) is 6.58. The molecule has 0 unspecified atom stereocenters. The Balaban J connectivity index is 1.56. The van der Waals surface area contributed by atoms with Gasteiger partial charge in [-0.1, -0.05) is 44.2 Å². The number of hydrogen-bond donors (Lipinski definition) is 1. The minimum atomic E-state index is 0.0872. The molecule has 142 valence electrons. The van der Waals surface area contributed by atoms with Crippen molar-refractivity contribution in [2.45, 2.75) is 20.3 Å². The number of carbonyl (C=O) groups excluding carboxylic acids is 1. The van der Waals surface area contributed by atoms with Crippen molar-refractivity contribution in [2.24, 2.45) is 29.6 Å². The number of hydrogen-bond acceptors (Lipinski definition) is 3. The smallest absolute Gasteiger partial charge is 0.224 e. The summed E-state index contributed by atoms with van der Waals surface area (Å²) in [6, 6.07) is 13.8. The fourth-order valence-electron chi connectivity index (χ4n) is 4.81. The topological polar surface area (TPSA) is 65.8 Å². The number of nitrogens with one attached hydrogen (secondary N) is 1. The van der Waals surface area contributed by atoms with Crippen LogP contribution in [-0.2, 0) is 4.79 Å². The van der Waals surface area contributed by atoms with Gasteiger partial charge < -0.3 is 5.32 Å². The number of fused-ring (bicyclic) bond motifs is 1. The summed E-state index contributed by atoms with van der Waals surface area (Å²) < 4.78 is 0. The molecule has 2 aliphatic rings. The van der Waals surface area contributed by atoms with E-state index in [0.29, 0.717) is 23.3 Å². The van der Waals surface area contributed by atoms with E-state index >= 15 is 0 Å². The molecule has 1 saturated carbocycles.